The summed E-state index contributed by atoms with van der Waals surface area (Å²) in [6.07, 6.45) is 0. The van der Waals surface area contributed by atoms with Crippen LogP contribution in [-0.4, -0.2) is 21.4 Å². The fourth-order valence-corrected chi connectivity index (χ4v) is 3.12. The molecule has 2 aromatic carbocycles. The summed E-state index contributed by atoms with van der Waals surface area (Å²) in [5, 5.41) is 2.59. The van der Waals surface area contributed by atoms with Crippen molar-refractivity contribution in [2.75, 3.05) is 16.7 Å². The Morgan fingerprint density at radius 3 is 2.32 bits per heavy atom. The predicted molar refractivity (Wildman–Crippen MR) is 86.2 cm³/mol. The Balaban J connectivity index is 2.31. The first-order chi connectivity index (χ1) is 10.3. The maximum atomic E-state index is 12.6. The standard InChI is InChI=1S/C16H16N2O3S/c1-12-5-4-6-15(11-12)18(3)22(20,21)16-9-7-14(8-10-16)17-13(2)19/h1,4-11H,2-3H3,(H,17,19). The van der Waals surface area contributed by atoms with Crippen molar-refractivity contribution in [3.63, 3.8) is 0 Å². The van der Waals surface area contributed by atoms with Crippen LogP contribution in [0, 0.1) is 6.92 Å². The van der Waals surface area contributed by atoms with Crippen molar-refractivity contribution in [3.05, 3.63) is 61.0 Å². The van der Waals surface area contributed by atoms with Crippen molar-refractivity contribution in [1.82, 2.24) is 0 Å². The average Bonchev–Trinajstić information content (AvgIpc) is 2.46. The van der Waals surface area contributed by atoms with Gasteiger partial charge in [-0.05, 0) is 48.9 Å². The Hall–Kier alpha value is -2.34. The summed E-state index contributed by atoms with van der Waals surface area (Å²) < 4.78 is 26.3. The lowest BCUT2D eigenvalue weighted by Crippen LogP contribution is -2.26. The van der Waals surface area contributed by atoms with Gasteiger partial charge in [-0.3, -0.25) is 9.10 Å². The molecule has 0 unspecified atom stereocenters. The molecule has 2 aromatic rings. The highest BCUT2D eigenvalue weighted by molar-refractivity contribution is 7.92. The Labute approximate surface area is 130 Å². The van der Waals surface area contributed by atoms with E-state index in [1.54, 1.807) is 36.4 Å². The van der Waals surface area contributed by atoms with Gasteiger partial charge in [0.05, 0.1) is 10.6 Å². The second-order valence-corrected chi connectivity index (χ2v) is 6.74. The summed E-state index contributed by atoms with van der Waals surface area (Å²) in [7, 11) is -2.22. The zero-order chi connectivity index (χ0) is 16.3. The minimum atomic E-state index is -3.69. The van der Waals surface area contributed by atoms with Gasteiger partial charge in [0, 0.05) is 19.7 Å². The van der Waals surface area contributed by atoms with Crippen LogP contribution >= 0.6 is 0 Å². The first-order valence-corrected chi connectivity index (χ1v) is 7.97. The number of carbonyl (C=O) groups is 1. The topological polar surface area (TPSA) is 66.5 Å². The molecule has 22 heavy (non-hydrogen) atoms. The van der Waals surface area contributed by atoms with Crippen LogP contribution in [0.2, 0.25) is 0 Å². The second-order valence-electron chi connectivity index (χ2n) is 4.77. The fraction of sp³-hybridized carbons (Fsp3) is 0.125. The van der Waals surface area contributed by atoms with E-state index in [4.69, 9.17) is 6.92 Å². The molecule has 5 nitrogen and oxygen atoms in total. The molecule has 0 bridgehead atoms. The van der Waals surface area contributed by atoms with E-state index in [2.05, 4.69) is 5.32 Å². The third-order valence-corrected chi connectivity index (χ3v) is 4.87. The van der Waals surface area contributed by atoms with Gasteiger partial charge >= 0.3 is 0 Å². The van der Waals surface area contributed by atoms with E-state index in [0.717, 1.165) is 4.31 Å². The SMILES string of the molecule is [CH]c1cccc(N(C)S(=O)(=O)c2ccc(NC(C)=O)cc2)c1. The monoisotopic (exact) mass is 316 g/mol. The molecule has 0 heterocycles. The highest BCUT2D eigenvalue weighted by Gasteiger charge is 2.21. The van der Waals surface area contributed by atoms with E-state index in [1.807, 2.05) is 0 Å². The zero-order valence-corrected chi connectivity index (χ0v) is 13.1. The average molecular weight is 316 g/mol. The Kier molecular flexibility index (Phi) is 4.51. The summed E-state index contributed by atoms with van der Waals surface area (Å²) in [6.45, 7) is 7.07. The third kappa shape index (κ3) is 3.46. The van der Waals surface area contributed by atoms with Crippen LogP contribution in [0.15, 0.2) is 53.4 Å². The molecule has 1 amide bonds. The number of nitrogens with one attached hydrogen (secondary N) is 1. The molecule has 2 radical (unpaired) electrons. The van der Waals surface area contributed by atoms with Crippen LogP contribution in [0.1, 0.15) is 12.5 Å². The number of hydrogen-bond acceptors (Lipinski definition) is 3. The van der Waals surface area contributed by atoms with Gasteiger partial charge in [-0.1, -0.05) is 12.1 Å². The van der Waals surface area contributed by atoms with E-state index >= 15 is 0 Å². The predicted octanol–water partition coefficient (Wildman–Crippen LogP) is 2.53. The van der Waals surface area contributed by atoms with E-state index in [1.165, 1.54) is 26.1 Å². The number of benzene rings is 2. The minimum Gasteiger partial charge on any atom is -0.326 e. The van der Waals surface area contributed by atoms with Gasteiger partial charge in [0.1, 0.15) is 0 Å². The highest BCUT2D eigenvalue weighted by Crippen LogP contribution is 2.23. The van der Waals surface area contributed by atoms with Gasteiger partial charge in [0.25, 0.3) is 10.0 Å². The summed E-state index contributed by atoms with van der Waals surface area (Å²) in [5.74, 6) is -0.215. The van der Waals surface area contributed by atoms with Crippen LogP contribution in [-0.2, 0) is 14.8 Å². The van der Waals surface area contributed by atoms with Crippen LogP contribution in [0.4, 0.5) is 11.4 Å². The smallest absolute Gasteiger partial charge is 0.264 e. The summed E-state index contributed by atoms with van der Waals surface area (Å²) in [4.78, 5) is 11.1. The van der Waals surface area contributed by atoms with E-state index < -0.39 is 10.0 Å². The van der Waals surface area contributed by atoms with Gasteiger partial charge in [0.2, 0.25) is 5.91 Å². The maximum absolute atomic E-state index is 12.6. The lowest BCUT2D eigenvalue weighted by molar-refractivity contribution is -0.114. The van der Waals surface area contributed by atoms with Crippen LogP contribution < -0.4 is 9.62 Å². The molecule has 0 aliphatic carbocycles. The Bertz CT molecular complexity index is 783. The van der Waals surface area contributed by atoms with Crippen molar-refractivity contribution >= 4 is 27.3 Å². The molecule has 0 aromatic heterocycles. The first kappa shape index (κ1) is 16.0. The molecular weight excluding hydrogens is 300 g/mol. The van der Waals surface area contributed by atoms with Crippen molar-refractivity contribution in [3.8, 4) is 0 Å². The normalized spacial score (nSPS) is 11.0. The molecule has 0 aliphatic heterocycles. The van der Waals surface area contributed by atoms with Crippen molar-refractivity contribution in [2.45, 2.75) is 11.8 Å². The molecular formula is C16H16N2O3S. The molecule has 114 valence electrons. The summed E-state index contributed by atoms with van der Waals surface area (Å²) in [5.41, 5.74) is 1.50. The van der Waals surface area contributed by atoms with E-state index in [-0.39, 0.29) is 10.8 Å². The maximum Gasteiger partial charge on any atom is 0.264 e. The molecule has 1 N–H and O–H groups in total. The lowest BCUT2D eigenvalue weighted by atomic mass is 10.2. The number of amides is 1. The third-order valence-electron chi connectivity index (χ3n) is 3.07. The zero-order valence-electron chi connectivity index (χ0n) is 12.3. The Morgan fingerprint density at radius 2 is 1.77 bits per heavy atom. The van der Waals surface area contributed by atoms with E-state index in [9.17, 15) is 13.2 Å². The number of carbonyl (C=O) groups excluding carboxylic acids is 1. The van der Waals surface area contributed by atoms with Gasteiger partial charge in [-0.15, -0.1) is 0 Å². The minimum absolute atomic E-state index is 0.131. The van der Waals surface area contributed by atoms with Gasteiger partial charge in [-0.25, -0.2) is 8.42 Å². The van der Waals surface area contributed by atoms with Gasteiger partial charge < -0.3 is 5.32 Å². The highest BCUT2D eigenvalue weighted by atomic mass is 32.2. The molecule has 6 heteroatoms. The molecule has 0 aliphatic rings. The van der Waals surface area contributed by atoms with Gasteiger partial charge in [-0.2, -0.15) is 0 Å². The fourth-order valence-electron chi connectivity index (χ4n) is 1.93. The second kappa shape index (κ2) is 6.19. The van der Waals surface area contributed by atoms with Crippen LogP contribution in [0.5, 0.6) is 0 Å². The summed E-state index contributed by atoms with van der Waals surface area (Å²) in [6, 6.07) is 12.6. The van der Waals surface area contributed by atoms with E-state index in [0.29, 0.717) is 16.9 Å². The van der Waals surface area contributed by atoms with Crippen molar-refractivity contribution in [2.24, 2.45) is 0 Å². The molecule has 0 spiro atoms. The van der Waals surface area contributed by atoms with Crippen molar-refractivity contribution < 1.29 is 13.2 Å². The molecule has 2 rings (SSSR count). The molecule has 0 fully saturated rings. The number of sulfonamides is 1. The molecule has 0 atom stereocenters. The molecule has 0 saturated heterocycles. The molecule has 0 saturated carbocycles. The van der Waals surface area contributed by atoms with Crippen LogP contribution in [0.3, 0.4) is 0 Å². The quantitative estimate of drug-likeness (QED) is 0.942. The number of hydrogen-bond donors (Lipinski definition) is 1. The Morgan fingerprint density at radius 1 is 1.14 bits per heavy atom. The number of rotatable bonds is 4. The first-order valence-electron chi connectivity index (χ1n) is 6.53. The lowest BCUT2D eigenvalue weighted by Gasteiger charge is -2.20. The number of nitrogens with zero attached hydrogens (tertiary/aromatic N) is 1. The van der Waals surface area contributed by atoms with Gasteiger partial charge in [0.15, 0.2) is 0 Å². The number of anilines is 2. The van der Waals surface area contributed by atoms with Crippen molar-refractivity contribution in [1.29, 1.82) is 0 Å². The van der Waals surface area contributed by atoms with Crippen LogP contribution in [0.25, 0.3) is 0 Å². The largest absolute Gasteiger partial charge is 0.326 e. The summed E-state index contributed by atoms with van der Waals surface area (Å²) >= 11 is 0.